The lowest BCUT2D eigenvalue weighted by molar-refractivity contribution is -0.301. The van der Waals surface area contributed by atoms with Crippen molar-refractivity contribution in [2.75, 3.05) is 13.2 Å². The smallest absolute Gasteiger partial charge is 0.335 e. The van der Waals surface area contributed by atoms with E-state index in [1.807, 2.05) is 0 Å². The maximum atomic E-state index is 13.1. The molecule has 0 saturated carbocycles. The van der Waals surface area contributed by atoms with Crippen molar-refractivity contribution >= 4 is 23.9 Å². The molecule has 1 rings (SSSR count). The normalized spacial score (nSPS) is 18.5. The fourth-order valence-corrected chi connectivity index (χ4v) is 9.04. The summed E-state index contributed by atoms with van der Waals surface area (Å²) in [6.07, 6.45) is 45.3. The first-order valence-electron chi connectivity index (χ1n) is 30.0. The minimum absolute atomic E-state index is 0.0538. The number of carboxylic acid groups (broad SMARTS) is 1. The molecule has 0 amide bonds. The van der Waals surface area contributed by atoms with Gasteiger partial charge in [0.15, 0.2) is 24.6 Å². The summed E-state index contributed by atoms with van der Waals surface area (Å²) in [5.41, 5.74) is 0. The van der Waals surface area contributed by atoms with Gasteiger partial charge in [0.05, 0.1) is 6.61 Å². The summed E-state index contributed by atoms with van der Waals surface area (Å²) in [5.74, 6) is -3.12. The first-order chi connectivity index (χ1) is 35.6. The lowest BCUT2D eigenvalue weighted by Crippen LogP contribution is -2.61. The van der Waals surface area contributed by atoms with Crippen LogP contribution in [0.5, 0.6) is 0 Å². The lowest BCUT2D eigenvalue weighted by atomic mass is 9.98. The van der Waals surface area contributed by atoms with Crippen LogP contribution in [0.2, 0.25) is 0 Å². The maximum Gasteiger partial charge on any atom is 0.335 e. The predicted octanol–water partition coefficient (Wildman–Crippen LogP) is 15.2. The van der Waals surface area contributed by atoms with E-state index < -0.39 is 67.3 Å². The quantitative estimate of drug-likeness (QED) is 0.0228. The van der Waals surface area contributed by atoms with Gasteiger partial charge in [-0.3, -0.25) is 14.4 Å². The number of aliphatic hydroxyl groups is 2. The first-order valence-corrected chi connectivity index (χ1v) is 30.0. The number of rotatable bonds is 51. The van der Waals surface area contributed by atoms with Gasteiger partial charge >= 0.3 is 23.9 Å². The molecule has 1 aliphatic heterocycles. The van der Waals surface area contributed by atoms with Gasteiger partial charge in [-0.25, -0.2) is 4.79 Å². The summed E-state index contributed by atoms with van der Waals surface area (Å²) in [5, 5.41) is 31.5. The maximum absolute atomic E-state index is 13.1. The highest BCUT2D eigenvalue weighted by Crippen LogP contribution is 2.26. The highest BCUT2D eigenvalue weighted by atomic mass is 16.7. The zero-order valence-electron chi connectivity index (χ0n) is 46.6. The Labute approximate surface area is 444 Å². The van der Waals surface area contributed by atoms with E-state index in [4.69, 9.17) is 23.7 Å². The molecule has 0 aromatic carbocycles. The van der Waals surface area contributed by atoms with Crippen molar-refractivity contribution in [1.29, 1.82) is 0 Å². The number of unbranched alkanes of at least 4 members (excludes halogenated alkanes) is 31. The van der Waals surface area contributed by atoms with E-state index in [2.05, 4.69) is 57.2 Å². The average molecular weight is 1030 g/mol. The summed E-state index contributed by atoms with van der Waals surface area (Å²) < 4.78 is 28.4. The third-order valence-electron chi connectivity index (χ3n) is 13.7. The van der Waals surface area contributed by atoms with Crippen molar-refractivity contribution in [3.8, 4) is 0 Å². The molecule has 0 radical (unpaired) electrons. The molecular weight excluding hydrogens is 925 g/mol. The molecule has 0 spiro atoms. The number of carboxylic acids is 1. The minimum Gasteiger partial charge on any atom is -0.479 e. The van der Waals surface area contributed by atoms with Crippen LogP contribution < -0.4 is 0 Å². The van der Waals surface area contributed by atoms with Crippen molar-refractivity contribution in [2.24, 2.45) is 0 Å². The topological polar surface area (TPSA) is 175 Å². The largest absolute Gasteiger partial charge is 0.479 e. The first kappa shape index (κ1) is 68.0. The summed E-state index contributed by atoms with van der Waals surface area (Å²) in [6.45, 7) is 5.96. The number of aliphatic hydroxyl groups excluding tert-OH is 2. The lowest BCUT2D eigenvalue weighted by Gasteiger charge is -2.40. The van der Waals surface area contributed by atoms with Crippen LogP contribution in [0.25, 0.3) is 0 Å². The molecule has 6 unspecified atom stereocenters. The van der Waals surface area contributed by atoms with Crippen LogP contribution in [0, 0.1) is 0 Å². The van der Waals surface area contributed by atoms with Gasteiger partial charge in [0, 0.05) is 19.3 Å². The van der Waals surface area contributed by atoms with Gasteiger partial charge in [0.1, 0.15) is 18.8 Å². The average Bonchev–Trinajstić information content (AvgIpc) is 3.37. The molecule has 1 heterocycles. The Balaban J connectivity index is 2.68. The van der Waals surface area contributed by atoms with E-state index in [1.54, 1.807) is 0 Å². The monoisotopic (exact) mass is 1030 g/mol. The molecule has 424 valence electrons. The Morgan fingerprint density at radius 2 is 0.822 bits per heavy atom. The van der Waals surface area contributed by atoms with Crippen LogP contribution in [0.4, 0.5) is 0 Å². The Kier molecular flexibility index (Phi) is 46.4. The van der Waals surface area contributed by atoms with Crippen LogP contribution >= 0.6 is 0 Å². The molecule has 0 aliphatic carbocycles. The van der Waals surface area contributed by atoms with E-state index >= 15 is 0 Å². The standard InChI is InChI=1S/C61H108O12/c1-4-7-10-13-16-19-22-25-26-27-28-31-34-37-40-43-46-49-55(64)72-59-57(66)56(65)58(60(67)68)73-61(59)70-51-52(71-54(63)48-45-42-39-36-33-30-24-21-18-15-12-9-6-3)50-69-53(62)47-44-41-38-35-32-29-23-20-17-14-11-8-5-2/h16,19-20,23,25-26,52,56-59,61,65-66H,4-15,17-18,21-22,24,27-51H2,1-3H3,(H,67,68)/b19-16-,23-20-,26-25-. The molecule has 12 nitrogen and oxygen atoms in total. The molecule has 3 N–H and O–H groups in total. The van der Waals surface area contributed by atoms with Gasteiger partial charge in [0.25, 0.3) is 0 Å². The fourth-order valence-electron chi connectivity index (χ4n) is 9.04. The van der Waals surface area contributed by atoms with Crippen LogP contribution in [0.1, 0.15) is 278 Å². The predicted molar refractivity (Wildman–Crippen MR) is 294 cm³/mol. The van der Waals surface area contributed by atoms with Crippen molar-refractivity contribution in [1.82, 2.24) is 0 Å². The van der Waals surface area contributed by atoms with Crippen molar-refractivity contribution in [3.63, 3.8) is 0 Å². The number of esters is 3. The molecule has 6 atom stereocenters. The molecule has 0 bridgehead atoms. The Morgan fingerprint density at radius 3 is 1.29 bits per heavy atom. The Morgan fingerprint density at radius 1 is 0.452 bits per heavy atom. The third-order valence-corrected chi connectivity index (χ3v) is 13.7. The summed E-state index contributed by atoms with van der Waals surface area (Å²) in [4.78, 5) is 51.1. The van der Waals surface area contributed by atoms with E-state index in [1.165, 1.54) is 103 Å². The number of hydrogen-bond acceptors (Lipinski definition) is 11. The van der Waals surface area contributed by atoms with E-state index in [-0.39, 0.29) is 25.9 Å². The molecule has 73 heavy (non-hydrogen) atoms. The molecule has 1 saturated heterocycles. The third kappa shape index (κ3) is 39.9. The molecule has 0 aromatic rings. The van der Waals surface area contributed by atoms with Gasteiger partial charge in [-0.05, 0) is 77.0 Å². The number of carbonyl (C=O) groups is 4. The van der Waals surface area contributed by atoms with E-state index in [9.17, 15) is 34.5 Å². The van der Waals surface area contributed by atoms with Gasteiger partial charge < -0.3 is 39.0 Å². The second kappa shape index (κ2) is 49.8. The van der Waals surface area contributed by atoms with Gasteiger partial charge in [-0.1, -0.05) is 218 Å². The van der Waals surface area contributed by atoms with Crippen LogP contribution in [0.15, 0.2) is 36.5 Å². The van der Waals surface area contributed by atoms with E-state index in [0.29, 0.717) is 19.3 Å². The zero-order chi connectivity index (χ0) is 53.3. The molecule has 12 heteroatoms. The van der Waals surface area contributed by atoms with Crippen LogP contribution in [-0.2, 0) is 42.9 Å². The van der Waals surface area contributed by atoms with Crippen molar-refractivity contribution < 1.29 is 58.2 Å². The van der Waals surface area contributed by atoms with Gasteiger partial charge in [-0.2, -0.15) is 0 Å². The SMILES string of the molecule is CCCCC/C=C\C/C=C\CCCCCCCCCC(=O)OC1C(OCC(COC(=O)CCCCCCC/C=C\CCCCCC)OC(=O)CCCCCCCCCCCCCCC)OC(C(=O)O)C(O)C1O. The number of hydrogen-bond donors (Lipinski definition) is 3. The Bertz CT molecular complexity index is 1410. The van der Waals surface area contributed by atoms with Crippen LogP contribution in [-0.4, -0.2) is 89.2 Å². The molecular formula is C61H108O12. The summed E-state index contributed by atoms with van der Waals surface area (Å²) in [6, 6.07) is 0. The van der Waals surface area contributed by atoms with Gasteiger partial charge in [0.2, 0.25) is 0 Å². The number of carbonyl (C=O) groups excluding carboxylic acids is 3. The summed E-state index contributed by atoms with van der Waals surface area (Å²) in [7, 11) is 0. The van der Waals surface area contributed by atoms with E-state index in [0.717, 1.165) is 116 Å². The van der Waals surface area contributed by atoms with Crippen LogP contribution in [0.3, 0.4) is 0 Å². The molecule has 1 fully saturated rings. The van der Waals surface area contributed by atoms with Crippen molar-refractivity contribution in [3.05, 3.63) is 36.5 Å². The highest BCUT2D eigenvalue weighted by molar-refractivity contribution is 5.74. The number of aliphatic carboxylic acids is 1. The summed E-state index contributed by atoms with van der Waals surface area (Å²) >= 11 is 0. The fraction of sp³-hybridized carbons (Fsp3) is 0.836. The molecule has 0 aromatic heterocycles. The van der Waals surface area contributed by atoms with Crippen molar-refractivity contribution in [2.45, 2.75) is 314 Å². The molecule has 1 aliphatic rings. The second-order valence-electron chi connectivity index (χ2n) is 20.6. The number of ether oxygens (including phenoxy) is 5. The minimum atomic E-state index is -1.90. The number of allylic oxidation sites excluding steroid dienone is 6. The Hall–Kier alpha value is -3.06. The highest BCUT2D eigenvalue weighted by Gasteiger charge is 2.50. The second-order valence-corrected chi connectivity index (χ2v) is 20.6. The van der Waals surface area contributed by atoms with Gasteiger partial charge in [-0.15, -0.1) is 0 Å². The zero-order valence-corrected chi connectivity index (χ0v) is 46.6.